The highest BCUT2D eigenvalue weighted by atomic mass is 16.2. The molecule has 3 heteroatoms. The summed E-state index contributed by atoms with van der Waals surface area (Å²) in [6, 6.07) is 12.2. The van der Waals surface area contributed by atoms with E-state index in [4.69, 9.17) is 5.73 Å². The number of nitrogens with two attached hydrogens (primary N) is 1. The molecule has 0 saturated carbocycles. The fourth-order valence-corrected chi connectivity index (χ4v) is 2.93. The summed E-state index contributed by atoms with van der Waals surface area (Å²) in [4.78, 5) is 14.4. The van der Waals surface area contributed by atoms with Crippen molar-refractivity contribution >= 4 is 17.3 Å². The number of nitrogen functional groups attached to an aromatic ring is 1. The summed E-state index contributed by atoms with van der Waals surface area (Å²) in [5, 5.41) is 0. The predicted molar refractivity (Wildman–Crippen MR) is 86.5 cm³/mol. The minimum absolute atomic E-state index is 0.141. The number of rotatable bonds is 2. The van der Waals surface area contributed by atoms with Crippen LogP contribution >= 0.6 is 0 Å². The molecule has 1 amide bonds. The zero-order valence-corrected chi connectivity index (χ0v) is 12.5. The average molecular weight is 280 g/mol. The Balaban J connectivity index is 1.84. The van der Waals surface area contributed by atoms with Crippen molar-refractivity contribution in [3.8, 4) is 0 Å². The first-order valence-electron chi connectivity index (χ1n) is 7.29. The summed E-state index contributed by atoms with van der Waals surface area (Å²) in [6.45, 7) is 4.80. The Morgan fingerprint density at radius 3 is 2.81 bits per heavy atom. The Labute approximate surface area is 125 Å². The number of anilines is 2. The SMILES string of the molecule is Cc1cccc(CC(=O)N2CCc3cc(C)c(N)cc32)c1. The van der Waals surface area contributed by atoms with Gasteiger partial charge < -0.3 is 10.6 Å². The summed E-state index contributed by atoms with van der Waals surface area (Å²) >= 11 is 0. The molecular weight excluding hydrogens is 260 g/mol. The van der Waals surface area contributed by atoms with E-state index in [9.17, 15) is 4.79 Å². The largest absolute Gasteiger partial charge is 0.398 e. The van der Waals surface area contributed by atoms with Crippen LogP contribution in [-0.2, 0) is 17.6 Å². The summed E-state index contributed by atoms with van der Waals surface area (Å²) in [6.07, 6.45) is 1.35. The van der Waals surface area contributed by atoms with Crippen LogP contribution in [0.2, 0.25) is 0 Å². The van der Waals surface area contributed by atoms with E-state index >= 15 is 0 Å². The van der Waals surface area contributed by atoms with Crippen molar-refractivity contribution in [1.29, 1.82) is 0 Å². The van der Waals surface area contributed by atoms with Crippen LogP contribution in [0.1, 0.15) is 22.3 Å². The van der Waals surface area contributed by atoms with E-state index in [-0.39, 0.29) is 5.91 Å². The zero-order valence-electron chi connectivity index (χ0n) is 12.5. The lowest BCUT2D eigenvalue weighted by Crippen LogP contribution is -2.30. The second-order valence-electron chi connectivity index (χ2n) is 5.80. The van der Waals surface area contributed by atoms with Crippen molar-refractivity contribution in [3.05, 3.63) is 58.7 Å². The molecule has 1 aliphatic heterocycles. The van der Waals surface area contributed by atoms with Gasteiger partial charge in [-0.1, -0.05) is 35.9 Å². The van der Waals surface area contributed by atoms with Crippen LogP contribution in [0.25, 0.3) is 0 Å². The van der Waals surface area contributed by atoms with E-state index in [1.165, 1.54) is 11.1 Å². The molecule has 2 aromatic carbocycles. The molecule has 0 fully saturated rings. The van der Waals surface area contributed by atoms with Crippen molar-refractivity contribution in [1.82, 2.24) is 0 Å². The molecule has 1 heterocycles. The Morgan fingerprint density at radius 2 is 2.05 bits per heavy atom. The van der Waals surface area contributed by atoms with Gasteiger partial charge in [0.25, 0.3) is 0 Å². The first-order chi connectivity index (χ1) is 10.0. The van der Waals surface area contributed by atoms with Gasteiger partial charge in [-0.15, -0.1) is 0 Å². The molecule has 108 valence electrons. The first kappa shape index (κ1) is 13.7. The monoisotopic (exact) mass is 280 g/mol. The average Bonchev–Trinajstić information content (AvgIpc) is 2.82. The minimum Gasteiger partial charge on any atom is -0.398 e. The number of benzene rings is 2. The highest BCUT2D eigenvalue weighted by molar-refractivity contribution is 5.97. The summed E-state index contributed by atoms with van der Waals surface area (Å²) in [5.41, 5.74) is 12.3. The molecule has 0 aliphatic carbocycles. The fourth-order valence-electron chi connectivity index (χ4n) is 2.93. The second-order valence-corrected chi connectivity index (χ2v) is 5.80. The maximum Gasteiger partial charge on any atom is 0.231 e. The number of carbonyl (C=O) groups is 1. The third-order valence-corrected chi connectivity index (χ3v) is 4.10. The van der Waals surface area contributed by atoms with Gasteiger partial charge >= 0.3 is 0 Å². The van der Waals surface area contributed by atoms with Gasteiger partial charge in [-0.3, -0.25) is 4.79 Å². The minimum atomic E-state index is 0.141. The molecule has 2 N–H and O–H groups in total. The number of hydrogen-bond acceptors (Lipinski definition) is 2. The fraction of sp³-hybridized carbons (Fsp3) is 0.278. The van der Waals surface area contributed by atoms with E-state index < -0.39 is 0 Å². The van der Waals surface area contributed by atoms with Gasteiger partial charge in [0.1, 0.15) is 0 Å². The molecule has 0 aromatic heterocycles. The summed E-state index contributed by atoms with van der Waals surface area (Å²) in [5.74, 6) is 0.141. The molecule has 0 atom stereocenters. The van der Waals surface area contributed by atoms with E-state index in [0.29, 0.717) is 6.42 Å². The second kappa shape index (κ2) is 5.24. The lowest BCUT2D eigenvalue weighted by Gasteiger charge is -2.18. The number of fused-ring (bicyclic) bond motifs is 1. The quantitative estimate of drug-likeness (QED) is 0.860. The Kier molecular flexibility index (Phi) is 3.42. The van der Waals surface area contributed by atoms with Crippen LogP contribution in [0.3, 0.4) is 0 Å². The molecular formula is C18H20N2O. The Morgan fingerprint density at radius 1 is 1.24 bits per heavy atom. The maximum absolute atomic E-state index is 12.6. The van der Waals surface area contributed by atoms with Crippen LogP contribution < -0.4 is 10.6 Å². The van der Waals surface area contributed by atoms with Gasteiger partial charge in [-0.05, 0) is 43.0 Å². The zero-order chi connectivity index (χ0) is 15.0. The number of carbonyl (C=O) groups excluding carboxylic acids is 1. The maximum atomic E-state index is 12.6. The molecule has 3 nitrogen and oxygen atoms in total. The highest BCUT2D eigenvalue weighted by Crippen LogP contribution is 2.32. The molecule has 0 radical (unpaired) electrons. The van der Waals surface area contributed by atoms with Crippen molar-refractivity contribution in [3.63, 3.8) is 0 Å². The lowest BCUT2D eigenvalue weighted by molar-refractivity contribution is -0.117. The molecule has 0 spiro atoms. The third-order valence-electron chi connectivity index (χ3n) is 4.10. The van der Waals surface area contributed by atoms with Crippen LogP contribution in [0.4, 0.5) is 11.4 Å². The molecule has 1 aliphatic rings. The normalized spacial score (nSPS) is 13.3. The number of hydrogen-bond donors (Lipinski definition) is 1. The topological polar surface area (TPSA) is 46.3 Å². The van der Waals surface area contributed by atoms with Gasteiger partial charge in [0.2, 0.25) is 5.91 Å². The summed E-state index contributed by atoms with van der Waals surface area (Å²) in [7, 11) is 0. The van der Waals surface area contributed by atoms with E-state index in [0.717, 1.165) is 35.5 Å². The standard InChI is InChI=1S/C18H20N2O/c1-12-4-3-5-14(8-12)10-18(21)20-7-6-15-9-13(2)16(19)11-17(15)20/h3-5,8-9,11H,6-7,10,19H2,1-2H3. The first-order valence-corrected chi connectivity index (χ1v) is 7.29. The van der Waals surface area contributed by atoms with Crippen LogP contribution in [-0.4, -0.2) is 12.5 Å². The number of nitrogens with zero attached hydrogens (tertiary/aromatic N) is 1. The Hall–Kier alpha value is -2.29. The lowest BCUT2D eigenvalue weighted by atomic mass is 10.1. The molecule has 3 rings (SSSR count). The van der Waals surface area contributed by atoms with Crippen molar-refractivity contribution in [2.45, 2.75) is 26.7 Å². The van der Waals surface area contributed by atoms with Crippen LogP contribution in [0.15, 0.2) is 36.4 Å². The van der Waals surface area contributed by atoms with Gasteiger partial charge in [0.05, 0.1) is 6.42 Å². The molecule has 2 aromatic rings. The van der Waals surface area contributed by atoms with Crippen LogP contribution in [0.5, 0.6) is 0 Å². The number of aryl methyl sites for hydroxylation is 2. The van der Waals surface area contributed by atoms with E-state index in [2.05, 4.69) is 12.1 Å². The molecule has 21 heavy (non-hydrogen) atoms. The van der Waals surface area contributed by atoms with Gasteiger partial charge in [-0.2, -0.15) is 0 Å². The van der Waals surface area contributed by atoms with Crippen molar-refractivity contribution in [2.24, 2.45) is 0 Å². The van der Waals surface area contributed by atoms with Gasteiger partial charge in [0.15, 0.2) is 0 Å². The number of amides is 1. The van der Waals surface area contributed by atoms with E-state index in [1.807, 2.05) is 43.0 Å². The summed E-state index contributed by atoms with van der Waals surface area (Å²) < 4.78 is 0. The molecule has 0 bridgehead atoms. The molecule has 0 saturated heterocycles. The van der Waals surface area contributed by atoms with E-state index in [1.54, 1.807) is 0 Å². The van der Waals surface area contributed by atoms with Crippen LogP contribution in [0, 0.1) is 13.8 Å². The third kappa shape index (κ3) is 2.64. The predicted octanol–water partition coefficient (Wildman–Crippen LogP) is 3.02. The van der Waals surface area contributed by atoms with Crippen molar-refractivity contribution in [2.75, 3.05) is 17.2 Å². The highest BCUT2D eigenvalue weighted by Gasteiger charge is 2.25. The van der Waals surface area contributed by atoms with Crippen molar-refractivity contribution < 1.29 is 4.79 Å². The Bertz CT molecular complexity index is 706. The smallest absolute Gasteiger partial charge is 0.231 e. The van der Waals surface area contributed by atoms with Gasteiger partial charge in [-0.25, -0.2) is 0 Å². The molecule has 0 unspecified atom stereocenters. The van der Waals surface area contributed by atoms with Gasteiger partial charge in [0, 0.05) is 17.9 Å².